The molecule has 8 nitrogen and oxygen atoms in total. The van der Waals surface area contributed by atoms with Crippen molar-refractivity contribution < 1.29 is 29.0 Å². The van der Waals surface area contributed by atoms with Crippen molar-refractivity contribution in [3.63, 3.8) is 0 Å². The molecule has 2 N–H and O–H groups in total. The Kier molecular flexibility index (Phi) is 10.1. The Balaban J connectivity index is 1.61. The van der Waals surface area contributed by atoms with Crippen LogP contribution in [-0.4, -0.2) is 59.6 Å². The summed E-state index contributed by atoms with van der Waals surface area (Å²) < 4.78 is 11.0. The average Bonchev–Trinajstić information content (AvgIpc) is 3.46. The smallest absolute Gasteiger partial charge is 0.329 e. The summed E-state index contributed by atoms with van der Waals surface area (Å²) in [6.07, 6.45) is 8.76. The predicted octanol–water partition coefficient (Wildman–Crippen LogP) is 5.25. The second-order valence-corrected chi connectivity index (χ2v) is 12.4. The molecule has 1 saturated carbocycles. The monoisotopic (exact) mass is 554 g/mol. The molecule has 3 rings (SSSR count). The van der Waals surface area contributed by atoms with Gasteiger partial charge in [0.1, 0.15) is 12.1 Å². The standard InChI is InChI=1S/C32H46N2O6/c1-8-10-24(33-28(36)15-13-22-12-14-26(35)27(20-22)39-7)29(37)34-18-9-11-25(34)30(38)40-21(2)19-23-16-17-31(3,4)32(23,5)6/h8,12-15,20-21,23-25,35H,1,9-11,16-19H2,2-7H3,(H,33,36)/b15-13+. The van der Waals surface area contributed by atoms with Crippen molar-refractivity contribution in [3.8, 4) is 11.5 Å². The van der Waals surface area contributed by atoms with Crippen LogP contribution in [0.25, 0.3) is 6.08 Å². The molecule has 220 valence electrons. The number of methoxy groups -OCH3 is 1. The number of nitrogens with one attached hydrogen (secondary N) is 1. The highest BCUT2D eigenvalue weighted by atomic mass is 16.5. The Morgan fingerprint density at radius 1 is 1.23 bits per heavy atom. The quantitative estimate of drug-likeness (QED) is 0.220. The van der Waals surface area contributed by atoms with Crippen molar-refractivity contribution in [1.29, 1.82) is 0 Å². The zero-order valence-corrected chi connectivity index (χ0v) is 24.9. The fourth-order valence-corrected chi connectivity index (χ4v) is 5.96. The van der Waals surface area contributed by atoms with Crippen molar-refractivity contribution in [2.45, 2.75) is 91.3 Å². The maximum Gasteiger partial charge on any atom is 0.329 e. The molecule has 4 atom stereocenters. The number of hydrogen-bond donors (Lipinski definition) is 2. The molecule has 1 aromatic carbocycles. The number of esters is 1. The number of carbonyl (C=O) groups excluding carboxylic acids is 3. The molecular formula is C32H46N2O6. The van der Waals surface area contributed by atoms with Crippen LogP contribution in [0, 0.1) is 16.7 Å². The first-order valence-electron chi connectivity index (χ1n) is 14.3. The van der Waals surface area contributed by atoms with Gasteiger partial charge < -0.3 is 24.8 Å². The third-order valence-corrected chi connectivity index (χ3v) is 9.27. The van der Waals surface area contributed by atoms with Gasteiger partial charge in [-0.1, -0.05) is 39.8 Å². The summed E-state index contributed by atoms with van der Waals surface area (Å²) in [6, 6.07) is 3.21. The third kappa shape index (κ3) is 7.07. The summed E-state index contributed by atoms with van der Waals surface area (Å²) in [6.45, 7) is 15.3. The van der Waals surface area contributed by atoms with Crippen LogP contribution in [0.4, 0.5) is 0 Å². The molecule has 0 spiro atoms. The highest BCUT2D eigenvalue weighted by molar-refractivity contribution is 5.96. The van der Waals surface area contributed by atoms with Crippen molar-refractivity contribution in [2.75, 3.05) is 13.7 Å². The molecule has 0 aromatic heterocycles. The molecule has 0 radical (unpaired) electrons. The summed E-state index contributed by atoms with van der Waals surface area (Å²) in [4.78, 5) is 40.9. The Hall–Kier alpha value is -3.29. The van der Waals surface area contributed by atoms with E-state index >= 15 is 0 Å². The zero-order chi connectivity index (χ0) is 29.7. The molecular weight excluding hydrogens is 508 g/mol. The first-order valence-corrected chi connectivity index (χ1v) is 14.3. The van der Waals surface area contributed by atoms with Crippen LogP contribution in [0.1, 0.15) is 78.7 Å². The number of nitrogens with zero attached hydrogens (tertiary/aromatic N) is 1. The lowest BCUT2D eigenvalue weighted by molar-refractivity contribution is -0.158. The average molecular weight is 555 g/mol. The van der Waals surface area contributed by atoms with Gasteiger partial charge in [0, 0.05) is 12.6 Å². The zero-order valence-electron chi connectivity index (χ0n) is 24.9. The number of carbonyl (C=O) groups is 3. The van der Waals surface area contributed by atoms with E-state index in [0.29, 0.717) is 36.6 Å². The Bertz CT molecular complexity index is 1120. The van der Waals surface area contributed by atoms with E-state index in [2.05, 4.69) is 39.6 Å². The highest BCUT2D eigenvalue weighted by Gasteiger charge is 2.49. The lowest BCUT2D eigenvalue weighted by Gasteiger charge is -2.40. The normalized spacial score (nSPS) is 23.0. The minimum absolute atomic E-state index is 0.000145. The summed E-state index contributed by atoms with van der Waals surface area (Å²) in [5.41, 5.74) is 1.05. The maximum absolute atomic E-state index is 13.5. The minimum Gasteiger partial charge on any atom is -0.504 e. The number of hydrogen-bond acceptors (Lipinski definition) is 6. The van der Waals surface area contributed by atoms with Crippen LogP contribution >= 0.6 is 0 Å². The van der Waals surface area contributed by atoms with E-state index in [4.69, 9.17) is 9.47 Å². The second-order valence-electron chi connectivity index (χ2n) is 12.4. The van der Waals surface area contributed by atoms with Gasteiger partial charge in [-0.25, -0.2) is 4.79 Å². The van der Waals surface area contributed by atoms with Crippen LogP contribution in [0.15, 0.2) is 36.9 Å². The number of amides is 2. The summed E-state index contributed by atoms with van der Waals surface area (Å²) in [5, 5.41) is 12.5. The molecule has 8 heteroatoms. The predicted molar refractivity (Wildman–Crippen MR) is 156 cm³/mol. The second kappa shape index (κ2) is 12.9. The van der Waals surface area contributed by atoms with E-state index in [1.54, 1.807) is 29.2 Å². The van der Waals surface area contributed by atoms with Crippen molar-refractivity contribution in [1.82, 2.24) is 10.2 Å². The van der Waals surface area contributed by atoms with E-state index in [-0.39, 0.29) is 41.0 Å². The SMILES string of the molecule is C=CCC(NC(=O)/C=C/c1ccc(O)c(OC)c1)C(=O)N1CCCC1C(=O)OC(C)CC1CCC(C)(C)C1(C)C. The van der Waals surface area contributed by atoms with Crippen molar-refractivity contribution in [2.24, 2.45) is 16.7 Å². The number of likely N-dealkylation sites (tertiary alicyclic amines) is 1. The molecule has 1 aliphatic heterocycles. The fraction of sp³-hybridized carbons (Fsp3) is 0.594. The molecule has 1 aliphatic carbocycles. The number of phenols is 1. The molecule has 1 heterocycles. The van der Waals surface area contributed by atoms with Gasteiger partial charge in [-0.3, -0.25) is 9.59 Å². The number of aromatic hydroxyl groups is 1. The van der Waals surface area contributed by atoms with Gasteiger partial charge >= 0.3 is 5.97 Å². The lowest BCUT2D eigenvalue weighted by atomic mass is 9.66. The van der Waals surface area contributed by atoms with E-state index in [1.165, 1.54) is 19.3 Å². The summed E-state index contributed by atoms with van der Waals surface area (Å²) in [5.74, 6) is -0.396. The van der Waals surface area contributed by atoms with Crippen LogP contribution in [-0.2, 0) is 19.1 Å². The first kappa shape index (κ1) is 31.2. The van der Waals surface area contributed by atoms with Crippen molar-refractivity contribution in [3.05, 3.63) is 42.5 Å². The van der Waals surface area contributed by atoms with Gasteiger partial charge in [-0.15, -0.1) is 6.58 Å². The van der Waals surface area contributed by atoms with Gasteiger partial charge in [0.25, 0.3) is 0 Å². The maximum atomic E-state index is 13.5. The minimum atomic E-state index is -0.851. The van der Waals surface area contributed by atoms with E-state index in [9.17, 15) is 19.5 Å². The number of benzene rings is 1. The van der Waals surface area contributed by atoms with Gasteiger partial charge in [0.2, 0.25) is 11.8 Å². The highest BCUT2D eigenvalue weighted by Crippen LogP contribution is 2.57. The first-order chi connectivity index (χ1) is 18.8. The van der Waals surface area contributed by atoms with Crippen LogP contribution in [0.2, 0.25) is 0 Å². The largest absolute Gasteiger partial charge is 0.504 e. The van der Waals surface area contributed by atoms with Gasteiger partial charge in [0.05, 0.1) is 13.2 Å². The molecule has 4 unspecified atom stereocenters. The number of ether oxygens (including phenoxy) is 2. The van der Waals surface area contributed by atoms with E-state index in [1.807, 2.05) is 6.92 Å². The molecule has 2 aliphatic rings. The molecule has 1 saturated heterocycles. The topological polar surface area (TPSA) is 105 Å². The van der Waals surface area contributed by atoms with Crippen molar-refractivity contribution >= 4 is 23.9 Å². The van der Waals surface area contributed by atoms with Crippen LogP contribution in [0.5, 0.6) is 11.5 Å². The van der Waals surface area contributed by atoms with E-state index < -0.39 is 18.0 Å². The Morgan fingerprint density at radius 2 is 1.95 bits per heavy atom. The molecule has 2 fully saturated rings. The van der Waals surface area contributed by atoms with Gasteiger partial charge in [-0.05, 0) is 86.0 Å². The lowest BCUT2D eigenvalue weighted by Crippen LogP contribution is -2.51. The van der Waals surface area contributed by atoms with Crippen LogP contribution in [0.3, 0.4) is 0 Å². The third-order valence-electron chi connectivity index (χ3n) is 9.27. The number of phenolic OH excluding ortho intramolecular Hbond substituents is 1. The Labute approximate surface area is 238 Å². The van der Waals surface area contributed by atoms with Gasteiger partial charge in [-0.2, -0.15) is 0 Å². The molecule has 0 bridgehead atoms. The molecule has 2 amide bonds. The molecule has 1 aromatic rings. The van der Waals surface area contributed by atoms with E-state index in [0.717, 1.165) is 19.3 Å². The fourth-order valence-electron chi connectivity index (χ4n) is 5.96. The molecule has 40 heavy (non-hydrogen) atoms. The summed E-state index contributed by atoms with van der Waals surface area (Å²) >= 11 is 0. The summed E-state index contributed by atoms with van der Waals surface area (Å²) in [7, 11) is 1.44. The Morgan fingerprint density at radius 3 is 2.58 bits per heavy atom. The number of rotatable bonds is 11. The van der Waals surface area contributed by atoms with Gasteiger partial charge in [0.15, 0.2) is 11.5 Å². The van der Waals surface area contributed by atoms with Crippen LogP contribution < -0.4 is 10.1 Å².